The van der Waals surface area contributed by atoms with Gasteiger partial charge in [-0.15, -0.1) is 0 Å². The van der Waals surface area contributed by atoms with Crippen molar-refractivity contribution in [3.63, 3.8) is 0 Å². The zero-order chi connectivity index (χ0) is 19.4. The lowest BCUT2D eigenvalue weighted by molar-refractivity contribution is 0.159. The van der Waals surface area contributed by atoms with Crippen LogP contribution in [-0.2, 0) is 10.0 Å². The van der Waals surface area contributed by atoms with Crippen LogP contribution in [0.5, 0.6) is 11.5 Å². The Bertz CT molecular complexity index is 836. The van der Waals surface area contributed by atoms with E-state index in [1.165, 1.54) is 0 Å². The van der Waals surface area contributed by atoms with Crippen LogP contribution in [0.2, 0.25) is 0 Å². The van der Waals surface area contributed by atoms with Gasteiger partial charge in [0.2, 0.25) is 10.0 Å². The fraction of sp³-hybridized carbons (Fsp3) is 0.500. The second-order valence-electron chi connectivity index (χ2n) is 6.53. The molecule has 8 nitrogen and oxygen atoms in total. The van der Waals surface area contributed by atoms with E-state index in [1.54, 1.807) is 25.3 Å². The molecule has 3 rings (SSSR count). The molecule has 0 aliphatic carbocycles. The van der Waals surface area contributed by atoms with Gasteiger partial charge in [0, 0.05) is 32.7 Å². The Morgan fingerprint density at radius 3 is 2.26 bits per heavy atom. The van der Waals surface area contributed by atoms with E-state index in [0.717, 1.165) is 18.0 Å². The molecular weight excluding hydrogens is 368 g/mol. The van der Waals surface area contributed by atoms with Crippen LogP contribution in [0.15, 0.2) is 29.2 Å². The molecule has 0 radical (unpaired) electrons. The van der Waals surface area contributed by atoms with Crippen molar-refractivity contribution in [3.05, 3.63) is 35.7 Å². The monoisotopic (exact) mass is 394 g/mol. The molecule has 1 saturated heterocycles. The summed E-state index contributed by atoms with van der Waals surface area (Å²) >= 11 is 0. The first-order valence-electron chi connectivity index (χ1n) is 8.92. The topological polar surface area (TPSA) is 87.8 Å². The fourth-order valence-electron chi connectivity index (χ4n) is 3.21. The summed E-state index contributed by atoms with van der Waals surface area (Å²) in [6.45, 7) is 7.05. The summed E-state index contributed by atoms with van der Waals surface area (Å²) in [7, 11) is -1.87. The maximum absolute atomic E-state index is 12.9. The SMILES string of the molecule is COc1ccc(OCCN2CCN(S(=O)(=O)c3c(C)n[nH]c3C)CC2)cc1. The van der Waals surface area contributed by atoms with E-state index in [-0.39, 0.29) is 0 Å². The maximum Gasteiger partial charge on any atom is 0.246 e. The number of piperazine rings is 1. The van der Waals surface area contributed by atoms with Crippen molar-refractivity contribution in [1.29, 1.82) is 0 Å². The van der Waals surface area contributed by atoms with Crippen molar-refractivity contribution in [3.8, 4) is 11.5 Å². The highest BCUT2D eigenvalue weighted by Gasteiger charge is 2.32. The van der Waals surface area contributed by atoms with Gasteiger partial charge in [0.1, 0.15) is 23.0 Å². The average molecular weight is 394 g/mol. The lowest BCUT2D eigenvalue weighted by Crippen LogP contribution is -2.49. The van der Waals surface area contributed by atoms with Crippen molar-refractivity contribution >= 4 is 10.0 Å². The minimum Gasteiger partial charge on any atom is -0.497 e. The van der Waals surface area contributed by atoms with Gasteiger partial charge in [-0.1, -0.05) is 0 Å². The largest absolute Gasteiger partial charge is 0.497 e. The molecule has 1 aromatic heterocycles. The Kier molecular flexibility index (Phi) is 6.03. The van der Waals surface area contributed by atoms with Gasteiger partial charge in [-0.2, -0.15) is 9.40 Å². The number of nitrogens with one attached hydrogen (secondary N) is 1. The standard InChI is InChI=1S/C18H26N4O4S/c1-14-18(15(2)20-19-14)27(23,24)22-10-8-21(9-11-22)12-13-26-17-6-4-16(25-3)5-7-17/h4-7H,8-13H2,1-3H3,(H,19,20). The highest BCUT2D eigenvalue weighted by atomic mass is 32.2. The number of H-pyrrole nitrogens is 1. The summed E-state index contributed by atoms with van der Waals surface area (Å²) in [6, 6.07) is 7.47. The van der Waals surface area contributed by atoms with E-state index >= 15 is 0 Å². The molecule has 1 fully saturated rings. The summed E-state index contributed by atoms with van der Waals surface area (Å²) in [4.78, 5) is 2.52. The number of hydrogen-bond donors (Lipinski definition) is 1. The number of rotatable bonds is 7. The molecule has 0 bridgehead atoms. The molecule has 9 heteroatoms. The fourth-order valence-corrected chi connectivity index (χ4v) is 4.96. The lowest BCUT2D eigenvalue weighted by atomic mass is 10.3. The van der Waals surface area contributed by atoms with Gasteiger partial charge >= 0.3 is 0 Å². The average Bonchev–Trinajstić information content (AvgIpc) is 3.02. The normalized spacial score (nSPS) is 16.4. The highest BCUT2D eigenvalue weighted by Crippen LogP contribution is 2.22. The lowest BCUT2D eigenvalue weighted by Gasteiger charge is -2.33. The van der Waals surface area contributed by atoms with E-state index in [1.807, 2.05) is 24.3 Å². The first-order chi connectivity index (χ1) is 12.9. The van der Waals surface area contributed by atoms with Crippen molar-refractivity contribution in [2.24, 2.45) is 0 Å². The molecule has 0 atom stereocenters. The van der Waals surface area contributed by atoms with Crippen LogP contribution in [-0.4, -0.2) is 74.3 Å². The number of methoxy groups -OCH3 is 1. The van der Waals surface area contributed by atoms with Crippen LogP contribution in [0.1, 0.15) is 11.4 Å². The summed E-state index contributed by atoms with van der Waals surface area (Å²) in [6.07, 6.45) is 0. The van der Waals surface area contributed by atoms with Gasteiger partial charge in [-0.25, -0.2) is 8.42 Å². The van der Waals surface area contributed by atoms with Gasteiger partial charge in [-0.05, 0) is 38.1 Å². The van der Waals surface area contributed by atoms with E-state index in [4.69, 9.17) is 9.47 Å². The van der Waals surface area contributed by atoms with Gasteiger partial charge in [0.05, 0.1) is 18.5 Å². The molecule has 1 aromatic carbocycles. The number of nitrogens with zero attached hydrogens (tertiary/aromatic N) is 3. The Labute approximate surface area is 160 Å². The molecule has 0 saturated carbocycles. The van der Waals surface area contributed by atoms with Gasteiger partial charge in [0.25, 0.3) is 0 Å². The third-order valence-electron chi connectivity index (χ3n) is 4.73. The minimum absolute atomic E-state index is 0.304. The predicted octanol–water partition coefficient (Wildman–Crippen LogP) is 1.42. The van der Waals surface area contributed by atoms with Crippen LogP contribution < -0.4 is 9.47 Å². The molecule has 1 aliphatic heterocycles. The predicted molar refractivity (Wildman–Crippen MR) is 102 cm³/mol. The number of aromatic amines is 1. The number of aryl methyl sites for hydroxylation is 2. The van der Waals surface area contributed by atoms with Crippen LogP contribution in [0.3, 0.4) is 0 Å². The Balaban J connectivity index is 1.48. The third-order valence-corrected chi connectivity index (χ3v) is 6.89. The van der Waals surface area contributed by atoms with Crippen LogP contribution >= 0.6 is 0 Å². The zero-order valence-electron chi connectivity index (χ0n) is 15.9. The quantitative estimate of drug-likeness (QED) is 0.764. The molecule has 0 spiro atoms. The maximum atomic E-state index is 12.9. The second kappa shape index (κ2) is 8.28. The summed E-state index contributed by atoms with van der Waals surface area (Å²) in [5, 5.41) is 6.76. The van der Waals surface area contributed by atoms with Crippen molar-refractivity contribution in [1.82, 2.24) is 19.4 Å². The van der Waals surface area contributed by atoms with E-state index in [2.05, 4.69) is 15.1 Å². The first-order valence-corrected chi connectivity index (χ1v) is 10.4. The van der Waals surface area contributed by atoms with Crippen molar-refractivity contribution < 1.29 is 17.9 Å². The van der Waals surface area contributed by atoms with E-state index < -0.39 is 10.0 Å². The number of ether oxygens (including phenoxy) is 2. The molecular formula is C18H26N4O4S. The smallest absolute Gasteiger partial charge is 0.246 e. The third kappa shape index (κ3) is 4.42. The number of aromatic nitrogens is 2. The summed E-state index contributed by atoms with van der Waals surface area (Å²) in [5.74, 6) is 1.59. The Morgan fingerprint density at radius 2 is 1.70 bits per heavy atom. The van der Waals surface area contributed by atoms with Crippen LogP contribution in [0.25, 0.3) is 0 Å². The first kappa shape index (κ1) is 19.7. The van der Waals surface area contributed by atoms with Crippen molar-refractivity contribution in [2.75, 3.05) is 46.4 Å². The molecule has 1 aliphatic rings. The Morgan fingerprint density at radius 1 is 1.07 bits per heavy atom. The number of benzene rings is 1. The molecule has 27 heavy (non-hydrogen) atoms. The van der Waals surface area contributed by atoms with Gasteiger partial charge in [0.15, 0.2) is 0 Å². The summed E-state index contributed by atoms with van der Waals surface area (Å²) < 4.78 is 38.1. The number of hydrogen-bond acceptors (Lipinski definition) is 6. The van der Waals surface area contributed by atoms with E-state index in [0.29, 0.717) is 49.1 Å². The molecule has 2 aromatic rings. The number of sulfonamides is 1. The Hall–Kier alpha value is -2.10. The molecule has 0 unspecified atom stereocenters. The second-order valence-corrected chi connectivity index (χ2v) is 8.41. The zero-order valence-corrected chi connectivity index (χ0v) is 16.8. The van der Waals surface area contributed by atoms with Gasteiger partial charge in [-0.3, -0.25) is 10.00 Å². The van der Waals surface area contributed by atoms with Crippen molar-refractivity contribution in [2.45, 2.75) is 18.7 Å². The van der Waals surface area contributed by atoms with Crippen LogP contribution in [0, 0.1) is 13.8 Å². The molecule has 2 heterocycles. The van der Waals surface area contributed by atoms with Crippen LogP contribution in [0.4, 0.5) is 0 Å². The van der Waals surface area contributed by atoms with E-state index in [9.17, 15) is 8.42 Å². The summed E-state index contributed by atoms with van der Waals surface area (Å²) in [5.41, 5.74) is 1.10. The minimum atomic E-state index is -3.50. The van der Waals surface area contributed by atoms with Gasteiger partial charge < -0.3 is 9.47 Å². The molecule has 0 amide bonds. The molecule has 148 valence electrons. The highest BCUT2D eigenvalue weighted by molar-refractivity contribution is 7.89. The molecule has 1 N–H and O–H groups in total.